The normalized spacial score (nSPS) is 18.9. The number of halogens is 2. The topological polar surface area (TPSA) is 21.3 Å². The van der Waals surface area contributed by atoms with Gasteiger partial charge in [-0.05, 0) is 24.8 Å². The molecule has 0 saturated carbocycles. The third-order valence-electron chi connectivity index (χ3n) is 2.21. The third-order valence-corrected chi connectivity index (χ3v) is 2.95. The Bertz CT molecular complexity index is 371. The average molecular weight is 244 g/mol. The maximum absolute atomic E-state index is 5.87. The Balaban J connectivity index is 1.90. The Morgan fingerprint density at radius 2 is 2.20 bits per heavy atom. The van der Waals surface area contributed by atoms with E-state index in [9.17, 15) is 0 Å². The van der Waals surface area contributed by atoms with E-state index in [-0.39, 0.29) is 0 Å². The largest absolute Gasteiger partial charge is 0.491 e. The van der Waals surface area contributed by atoms with Crippen molar-refractivity contribution < 1.29 is 4.74 Å². The maximum Gasteiger partial charge on any atom is 0.120 e. The van der Waals surface area contributed by atoms with E-state index in [0.29, 0.717) is 22.7 Å². The predicted molar refractivity (Wildman–Crippen MR) is 62.6 cm³/mol. The summed E-state index contributed by atoms with van der Waals surface area (Å²) in [4.78, 5) is 0. The van der Waals surface area contributed by atoms with Crippen LogP contribution in [0.2, 0.25) is 10.0 Å². The number of hydrogen-bond acceptors (Lipinski definition) is 2. The molecule has 1 aromatic carbocycles. The molecule has 0 aromatic heterocycles. The van der Waals surface area contributed by atoms with Gasteiger partial charge in [-0.15, -0.1) is 0 Å². The maximum atomic E-state index is 5.87. The minimum Gasteiger partial charge on any atom is -0.491 e. The molecule has 4 heteroatoms. The van der Waals surface area contributed by atoms with Crippen molar-refractivity contribution in [1.29, 1.82) is 0 Å². The molecule has 0 amide bonds. The van der Waals surface area contributed by atoms with Gasteiger partial charge < -0.3 is 10.1 Å². The van der Waals surface area contributed by atoms with Crippen LogP contribution in [0.5, 0.6) is 5.75 Å². The van der Waals surface area contributed by atoms with Gasteiger partial charge in [0.1, 0.15) is 12.4 Å². The van der Waals surface area contributed by atoms with E-state index >= 15 is 0 Å². The van der Waals surface area contributed by atoms with Crippen molar-refractivity contribution in [3.05, 3.63) is 40.5 Å². The van der Waals surface area contributed by atoms with Crippen LogP contribution in [0.1, 0.15) is 6.42 Å². The Morgan fingerprint density at radius 1 is 1.33 bits per heavy atom. The summed E-state index contributed by atoms with van der Waals surface area (Å²) < 4.78 is 5.58. The first kappa shape index (κ1) is 10.7. The van der Waals surface area contributed by atoms with Crippen LogP contribution in [0, 0.1) is 0 Å². The van der Waals surface area contributed by atoms with E-state index < -0.39 is 0 Å². The van der Waals surface area contributed by atoms with E-state index in [4.69, 9.17) is 27.9 Å². The quantitative estimate of drug-likeness (QED) is 0.881. The zero-order valence-corrected chi connectivity index (χ0v) is 9.55. The molecule has 0 bridgehead atoms. The van der Waals surface area contributed by atoms with E-state index in [1.54, 1.807) is 12.1 Å². The van der Waals surface area contributed by atoms with Gasteiger partial charge in [0.2, 0.25) is 0 Å². The Kier molecular flexibility index (Phi) is 3.39. The van der Waals surface area contributed by atoms with Gasteiger partial charge in [-0.1, -0.05) is 29.3 Å². The summed E-state index contributed by atoms with van der Waals surface area (Å²) in [6, 6.07) is 5.64. The molecule has 1 heterocycles. The summed E-state index contributed by atoms with van der Waals surface area (Å²) in [5, 5.41) is 4.25. The molecule has 1 aliphatic heterocycles. The Morgan fingerprint density at radius 3 is 2.87 bits per heavy atom. The number of benzene rings is 1. The van der Waals surface area contributed by atoms with Crippen molar-refractivity contribution in [2.24, 2.45) is 0 Å². The lowest BCUT2D eigenvalue weighted by Crippen LogP contribution is -2.26. The fraction of sp³-hybridized carbons (Fsp3) is 0.273. The molecule has 1 aromatic rings. The molecular formula is C11H11Cl2NO. The van der Waals surface area contributed by atoms with Crippen LogP contribution in [-0.2, 0) is 0 Å². The number of hydrogen-bond donors (Lipinski definition) is 1. The monoisotopic (exact) mass is 243 g/mol. The summed E-state index contributed by atoms with van der Waals surface area (Å²) in [5.41, 5.74) is 0. The van der Waals surface area contributed by atoms with E-state index in [1.807, 2.05) is 12.3 Å². The highest BCUT2D eigenvalue weighted by molar-refractivity contribution is 6.42. The smallest absolute Gasteiger partial charge is 0.120 e. The third kappa shape index (κ3) is 2.80. The van der Waals surface area contributed by atoms with Gasteiger partial charge in [0.25, 0.3) is 0 Å². The van der Waals surface area contributed by atoms with Crippen LogP contribution >= 0.6 is 23.2 Å². The van der Waals surface area contributed by atoms with Crippen LogP contribution < -0.4 is 10.1 Å². The number of ether oxygens (including phenoxy) is 1. The van der Waals surface area contributed by atoms with Gasteiger partial charge >= 0.3 is 0 Å². The molecule has 0 spiro atoms. The molecule has 15 heavy (non-hydrogen) atoms. The van der Waals surface area contributed by atoms with Gasteiger partial charge in [-0.2, -0.15) is 0 Å². The first-order valence-electron chi connectivity index (χ1n) is 4.74. The van der Waals surface area contributed by atoms with E-state index in [0.717, 1.165) is 12.2 Å². The molecule has 1 aliphatic rings. The van der Waals surface area contributed by atoms with Crippen LogP contribution in [0.25, 0.3) is 0 Å². The van der Waals surface area contributed by atoms with Crippen LogP contribution in [0.4, 0.5) is 0 Å². The minimum atomic E-state index is 0.361. The summed E-state index contributed by atoms with van der Waals surface area (Å²) in [6.07, 6.45) is 5.03. The molecule has 1 unspecified atom stereocenters. The second-order valence-electron chi connectivity index (χ2n) is 3.39. The number of rotatable bonds is 3. The molecule has 2 nitrogen and oxygen atoms in total. The summed E-state index contributed by atoms with van der Waals surface area (Å²) in [5.74, 6) is 0.748. The predicted octanol–water partition coefficient (Wildman–Crippen LogP) is 3.25. The highest BCUT2D eigenvalue weighted by Crippen LogP contribution is 2.26. The second-order valence-corrected chi connectivity index (χ2v) is 4.20. The summed E-state index contributed by atoms with van der Waals surface area (Å²) >= 11 is 11.7. The molecule has 0 aliphatic carbocycles. The minimum absolute atomic E-state index is 0.361. The van der Waals surface area contributed by atoms with E-state index in [2.05, 4.69) is 11.4 Å². The average Bonchev–Trinajstić information content (AvgIpc) is 2.73. The first-order valence-corrected chi connectivity index (χ1v) is 5.50. The molecule has 0 radical (unpaired) electrons. The lowest BCUT2D eigenvalue weighted by atomic mass is 10.2. The van der Waals surface area contributed by atoms with Gasteiger partial charge in [-0.3, -0.25) is 0 Å². The Labute approximate surface area is 98.8 Å². The van der Waals surface area contributed by atoms with Crippen molar-refractivity contribution in [2.75, 3.05) is 6.61 Å². The van der Waals surface area contributed by atoms with Gasteiger partial charge in [-0.25, -0.2) is 0 Å². The van der Waals surface area contributed by atoms with Crippen LogP contribution in [-0.4, -0.2) is 12.6 Å². The lowest BCUT2D eigenvalue weighted by Gasteiger charge is -2.12. The summed E-state index contributed by atoms with van der Waals surface area (Å²) in [6.45, 7) is 0.630. The van der Waals surface area contributed by atoms with Crippen LogP contribution in [0.3, 0.4) is 0 Å². The fourth-order valence-electron chi connectivity index (χ4n) is 1.38. The molecular weight excluding hydrogens is 233 g/mol. The van der Waals surface area contributed by atoms with Gasteiger partial charge in [0.15, 0.2) is 0 Å². The van der Waals surface area contributed by atoms with Crippen molar-refractivity contribution >= 4 is 23.2 Å². The highest BCUT2D eigenvalue weighted by Gasteiger charge is 2.10. The first-order chi connectivity index (χ1) is 7.25. The van der Waals surface area contributed by atoms with Crippen LogP contribution in [0.15, 0.2) is 30.5 Å². The van der Waals surface area contributed by atoms with Crippen molar-refractivity contribution in [2.45, 2.75) is 12.5 Å². The zero-order valence-electron chi connectivity index (χ0n) is 8.04. The highest BCUT2D eigenvalue weighted by atomic mass is 35.5. The molecule has 1 N–H and O–H groups in total. The van der Waals surface area contributed by atoms with Gasteiger partial charge in [0.05, 0.1) is 16.1 Å². The molecule has 0 saturated heterocycles. The number of nitrogens with one attached hydrogen (secondary N) is 1. The van der Waals surface area contributed by atoms with Crippen molar-refractivity contribution in [3.8, 4) is 5.75 Å². The zero-order chi connectivity index (χ0) is 10.7. The Hall–Kier alpha value is -0.860. The SMILES string of the molecule is Clc1ccc(OCC2CC=CN2)cc1Cl. The second kappa shape index (κ2) is 4.77. The van der Waals surface area contributed by atoms with Crippen molar-refractivity contribution in [3.63, 3.8) is 0 Å². The lowest BCUT2D eigenvalue weighted by molar-refractivity contribution is 0.280. The van der Waals surface area contributed by atoms with Crippen molar-refractivity contribution in [1.82, 2.24) is 5.32 Å². The standard InChI is InChI=1S/C11H11Cl2NO/c12-10-4-3-9(6-11(10)13)15-7-8-2-1-5-14-8/h1,3-6,8,14H,2,7H2. The molecule has 1 atom stereocenters. The molecule has 2 rings (SSSR count). The fourth-order valence-corrected chi connectivity index (χ4v) is 1.67. The van der Waals surface area contributed by atoms with E-state index in [1.165, 1.54) is 0 Å². The van der Waals surface area contributed by atoms with Gasteiger partial charge in [0, 0.05) is 6.07 Å². The molecule has 80 valence electrons. The summed E-state index contributed by atoms with van der Waals surface area (Å²) in [7, 11) is 0. The molecule has 0 fully saturated rings.